The number of anilines is 1. The highest BCUT2D eigenvalue weighted by Crippen LogP contribution is 2.31. The van der Waals surface area contributed by atoms with Crippen molar-refractivity contribution in [2.45, 2.75) is 13.5 Å². The van der Waals surface area contributed by atoms with E-state index in [0.717, 1.165) is 10.9 Å². The molecule has 0 aliphatic heterocycles. The molecule has 0 atom stereocenters. The highest BCUT2D eigenvalue weighted by Gasteiger charge is 2.14. The highest BCUT2D eigenvalue weighted by molar-refractivity contribution is 6.30. The van der Waals surface area contributed by atoms with Gasteiger partial charge in [-0.15, -0.1) is 0 Å². The third-order valence-electron chi connectivity index (χ3n) is 5.36. The normalized spacial score (nSPS) is 11.8. The fourth-order valence-electron chi connectivity index (χ4n) is 3.45. The lowest BCUT2D eigenvalue weighted by Crippen LogP contribution is -2.23. The molecule has 4 rings (SSSR count). The van der Waals surface area contributed by atoms with Crippen molar-refractivity contribution < 1.29 is 19.0 Å². The lowest BCUT2D eigenvalue weighted by atomic mass is 10.2. The van der Waals surface area contributed by atoms with Crippen molar-refractivity contribution in [3.63, 3.8) is 0 Å². The van der Waals surface area contributed by atoms with Gasteiger partial charge in [0.2, 0.25) is 0 Å². The topological polar surface area (TPSA) is 160 Å². The predicted octanol–water partition coefficient (Wildman–Crippen LogP) is 4.49. The summed E-state index contributed by atoms with van der Waals surface area (Å²) in [5.41, 5.74) is 13.0. The van der Waals surface area contributed by atoms with E-state index in [-0.39, 0.29) is 30.4 Å². The van der Waals surface area contributed by atoms with Crippen molar-refractivity contribution in [2.24, 2.45) is 16.5 Å². The molecule has 0 bridgehead atoms. The van der Waals surface area contributed by atoms with Gasteiger partial charge in [-0.3, -0.25) is 9.78 Å². The first-order chi connectivity index (χ1) is 18.9. The van der Waals surface area contributed by atoms with Crippen LogP contribution < -0.4 is 26.3 Å². The lowest BCUT2D eigenvalue weighted by molar-refractivity contribution is -0.113. The van der Waals surface area contributed by atoms with E-state index in [9.17, 15) is 4.79 Å². The fraction of sp³-hybridized carbons (Fsp3) is 0.148. The number of carbonyl (C=O) groups excluding carboxylic acids is 1. The van der Waals surface area contributed by atoms with Crippen LogP contribution in [0.15, 0.2) is 77.5 Å². The molecule has 0 fully saturated rings. The van der Waals surface area contributed by atoms with Gasteiger partial charge in [0.15, 0.2) is 11.6 Å². The number of hydrogen-bond acceptors (Lipinski definition) is 10. The summed E-state index contributed by atoms with van der Waals surface area (Å²) in [5.74, 6) is 1.76. The second-order valence-corrected chi connectivity index (χ2v) is 8.37. The lowest BCUT2D eigenvalue weighted by Gasteiger charge is -2.11. The van der Waals surface area contributed by atoms with Crippen LogP contribution in [0, 0.1) is 0 Å². The molecule has 11 nitrogen and oxygen atoms in total. The van der Waals surface area contributed by atoms with E-state index in [1.807, 2.05) is 18.2 Å². The Morgan fingerprint density at radius 2 is 1.92 bits per heavy atom. The molecule has 0 radical (unpaired) electrons. The summed E-state index contributed by atoms with van der Waals surface area (Å²) in [4.78, 5) is 29.8. The van der Waals surface area contributed by atoms with Crippen molar-refractivity contribution in [3.05, 3.63) is 83.1 Å². The Morgan fingerprint density at radius 1 is 1.10 bits per heavy atom. The van der Waals surface area contributed by atoms with Crippen LogP contribution in [0.4, 0.5) is 11.6 Å². The van der Waals surface area contributed by atoms with Crippen LogP contribution >= 0.6 is 11.6 Å². The van der Waals surface area contributed by atoms with E-state index in [4.69, 9.17) is 37.3 Å². The van der Waals surface area contributed by atoms with Gasteiger partial charge in [-0.05, 0) is 49.4 Å². The van der Waals surface area contributed by atoms with Gasteiger partial charge in [-0.25, -0.2) is 15.0 Å². The number of carbonyl (C=O) groups is 1. The van der Waals surface area contributed by atoms with Crippen molar-refractivity contribution in [1.82, 2.24) is 15.0 Å². The zero-order valence-corrected chi connectivity index (χ0v) is 22.0. The van der Waals surface area contributed by atoms with Crippen LogP contribution in [0.3, 0.4) is 0 Å². The van der Waals surface area contributed by atoms with Gasteiger partial charge in [0.25, 0.3) is 5.91 Å². The summed E-state index contributed by atoms with van der Waals surface area (Å²) in [6, 6.07) is 12.2. The van der Waals surface area contributed by atoms with Gasteiger partial charge < -0.3 is 31.0 Å². The van der Waals surface area contributed by atoms with Crippen LogP contribution in [-0.2, 0) is 16.1 Å². The summed E-state index contributed by atoms with van der Waals surface area (Å²) in [6.45, 7) is 2.20. The summed E-state index contributed by atoms with van der Waals surface area (Å²) < 4.78 is 16.8. The zero-order chi connectivity index (χ0) is 27.8. The maximum atomic E-state index is 12.8. The quantitative estimate of drug-likeness (QED) is 0.148. The smallest absolute Gasteiger partial charge is 0.276 e. The molecular weight excluding hydrogens is 522 g/mol. The Balaban J connectivity index is 1.49. The number of hydrogen-bond donors (Lipinski definition) is 3. The average Bonchev–Trinajstić information content (AvgIpc) is 2.96. The molecule has 0 unspecified atom stereocenters. The number of nitrogens with one attached hydrogen (secondary N) is 1. The number of aromatic nitrogens is 3. The molecule has 0 saturated heterocycles. The van der Waals surface area contributed by atoms with Crippen molar-refractivity contribution >= 4 is 46.3 Å². The molecule has 0 aliphatic carbocycles. The first kappa shape index (κ1) is 27.3. The zero-order valence-electron chi connectivity index (χ0n) is 21.2. The van der Waals surface area contributed by atoms with Gasteiger partial charge in [0.05, 0.1) is 36.7 Å². The van der Waals surface area contributed by atoms with Gasteiger partial charge in [-0.1, -0.05) is 11.6 Å². The summed E-state index contributed by atoms with van der Waals surface area (Å²) in [6.07, 6.45) is 5.89. The van der Waals surface area contributed by atoms with E-state index in [1.165, 1.54) is 18.6 Å². The van der Waals surface area contributed by atoms with E-state index in [1.54, 1.807) is 44.5 Å². The Labute approximate surface area is 229 Å². The van der Waals surface area contributed by atoms with Crippen molar-refractivity contribution in [2.75, 3.05) is 19.0 Å². The largest absolute Gasteiger partial charge is 0.497 e. The number of fused-ring (bicyclic) bond motifs is 1. The highest BCUT2D eigenvalue weighted by atomic mass is 35.5. The number of nitrogens with two attached hydrogens (primary N) is 2. The first-order valence-electron chi connectivity index (χ1n) is 11.8. The van der Waals surface area contributed by atoms with Crippen LogP contribution in [0.2, 0.25) is 5.02 Å². The number of allylic oxidation sites excluding steroid dienone is 1. The average molecular weight is 548 g/mol. The van der Waals surface area contributed by atoms with Crippen molar-refractivity contribution in [3.8, 4) is 17.2 Å². The molecule has 1 amide bonds. The molecule has 3 aromatic heterocycles. The van der Waals surface area contributed by atoms with E-state index >= 15 is 0 Å². The van der Waals surface area contributed by atoms with Crippen LogP contribution in [0.25, 0.3) is 10.9 Å². The summed E-state index contributed by atoms with van der Waals surface area (Å²) >= 11 is 5.96. The number of halogens is 1. The molecule has 39 heavy (non-hydrogen) atoms. The SMILES string of the molecule is CCOC(C=Nc1ncc(Cl)cc1CN)=C(N)C(=O)Nc1ccc(Oc2ccnc3ccc(OC)cc23)cn1. The number of nitrogens with zero attached hydrogens (tertiary/aromatic N) is 4. The minimum atomic E-state index is -0.624. The first-order valence-corrected chi connectivity index (χ1v) is 12.2. The number of benzene rings is 1. The standard InChI is InChI=1S/C27H26ClN7O4/c1-3-38-23(15-34-26-16(12-29)10-17(28)13-33-26)25(30)27(36)35-24-7-5-19(14-32-24)39-22-8-9-31-21-6-4-18(37-2)11-20(21)22/h4-11,13-15H,3,12,29-30H2,1-2H3,(H,32,35,36). The molecule has 5 N–H and O–H groups in total. The van der Waals surface area contributed by atoms with Gasteiger partial charge >= 0.3 is 0 Å². The Morgan fingerprint density at radius 3 is 2.64 bits per heavy atom. The number of rotatable bonds is 10. The third kappa shape index (κ3) is 6.78. The Hall–Kier alpha value is -4.74. The number of aliphatic imine (C=N–C) groups is 1. The van der Waals surface area contributed by atoms with Gasteiger partial charge in [0.1, 0.15) is 28.8 Å². The predicted molar refractivity (Wildman–Crippen MR) is 149 cm³/mol. The summed E-state index contributed by atoms with van der Waals surface area (Å²) in [5, 5.41) is 3.85. The molecule has 4 aromatic rings. The molecule has 12 heteroatoms. The number of ether oxygens (including phenoxy) is 3. The van der Waals surface area contributed by atoms with E-state index < -0.39 is 5.91 Å². The monoisotopic (exact) mass is 547 g/mol. The van der Waals surface area contributed by atoms with Crippen LogP contribution in [0.1, 0.15) is 12.5 Å². The van der Waals surface area contributed by atoms with Crippen LogP contribution in [0.5, 0.6) is 17.2 Å². The van der Waals surface area contributed by atoms with Crippen LogP contribution in [-0.4, -0.2) is 40.8 Å². The molecule has 0 aliphatic rings. The minimum Gasteiger partial charge on any atom is -0.497 e. The Bertz CT molecular complexity index is 1540. The van der Waals surface area contributed by atoms with Crippen molar-refractivity contribution in [1.29, 1.82) is 0 Å². The number of methoxy groups -OCH3 is 1. The Kier molecular flexibility index (Phi) is 8.87. The molecular formula is C27H26ClN7O4. The molecule has 1 aromatic carbocycles. The number of amides is 1. The van der Waals surface area contributed by atoms with E-state index in [2.05, 4.69) is 25.3 Å². The number of pyridine rings is 3. The molecule has 0 spiro atoms. The van der Waals surface area contributed by atoms with E-state index in [0.29, 0.717) is 33.7 Å². The van der Waals surface area contributed by atoms with Gasteiger partial charge in [0, 0.05) is 29.9 Å². The molecule has 3 heterocycles. The third-order valence-corrected chi connectivity index (χ3v) is 5.56. The maximum absolute atomic E-state index is 12.8. The maximum Gasteiger partial charge on any atom is 0.276 e. The van der Waals surface area contributed by atoms with Gasteiger partial charge in [-0.2, -0.15) is 0 Å². The summed E-state index contributed by atoms with van der Waals surface area (Å²) in [7, 11) is 1.59. The molecule has 0 saturated carbocycles. The second kappa shape index (κ2) is 12.7. The minimum absolute atomic E-state index is 0.0645. The molecule has 200 valence electrons. The second-order valence-electron chi connectivity index (χ2n) is 7.94. The fourth-order valence-corrected chi connectivity index (χ4v) is 3.63.